The Labute approximate surface area is 199 Å². The largest absolute Gasteiger partial charge is 0.465 e. The van der Waals surface area contributed by atoms with Gasteiger partial charge in [-0.15, -0.1) is 0 Å². The summed E-state index contributed by atoms with van der Waals surface area (Å²) >= 11 is 0. The van der Waals surface area contributed by atoms with Crippen molar-refractivity contribution in [3.8, 4) is 0 Å². The summed E-state index contributed by atoms with van der Waals surface area (Å²) in [6.07, 6.45) is 1.89. The number of amides is 2. The molecule has 0 radical (unpaired) electrons. The fraction of sp³-hybridized carbons (Fsp3) is 0.400. The fourth-order valence-corrected chi connectivity index (χ4v) is 5.77. The lowest BCUT2D eigenvalue weighted by Crippen LogP contribution is -2.40. The van der Waals surface area contributed by atoms with Crippen LogP contribution in [0.3, 0.4) is 0 Å². The lowest BCUT2D eigenvalue weighted by atomic mass is 9.98. The summed E-state index contributed by atoms with van der Waals surface area (Å²) in [5, 5.41) is 0. The highest BCUT2D eigenvalue weighted by molar-refractivity contribution is 7.89. The normalized spacial score (nSPS) is 17.1. The van der Waals surface area contributed by atoms with E-state index in [2.05, 4.69) is 0 Å². The Kier molecular flexibility index (Phi) is 7.13. The molecule has 4 rings (SSSR count). The van der Waals surface area contributed by atoms with Crippen molar-refractivity contribution in [2.75, 3.05) is 26.2 Å². The monoisotopic (exact) mass is 484 g/mol. The molecular weight excluding hydrogens is 456 g/mol. The molecule has 180 valence electrons. The first kappa shape index (κ1) is 24.1. The highest BCUT2D eigenvalue weighted by Gasteiger charge is 2.35. The average molecular weight is 485 g/mol. The Morgan fingerprint density at radius 2 is 1.53 bits per heavy atom. The van der Waals surface area contributed by atoms with E-state index in [1.165, 1.54) is 9.21 Å². The molecule has 0 N–H and O–H groups in total. The first-order chi connectivity index (χ1) is 16.3. The predicted molar refractivity (Wildman–Crippen MR) is 125 cm³/mol. The lowest BCUT2D eigenvalue weighted by molar-refractivity contribution is -0.150. The van der Waals surface area contributed by atoms with Gasteiger partial charge in [0.15, 0.2) is 0 Å². The van der Waals surface area contributed by atoms with Gasteiger partial charge in [-0.2, -0.15) is 4.31 Å². The van der Waals surface area contributed by atoms with Crippen LogP contribution in [0.4, 0.5) is 0 Å². The Hall–Kier alpha value is -3.04. The number of piperidine rings is 1. The molecule has 1 saturated heterocycles. The van der Waals surface area contributed by atoms with Crippen LogP contribution in [0.1, 0.15) is 52.0 Å². The number of aryl methyl sites for hydroxylation is 1. The van der Waals surface area contributed by atoms with Crippen molar-refractivity contribution in [2.45, 2.75) is 37.5 Å². The number of carbonyl (C=O) groups is 3. The number of unbranched alkanes of at least 4 members (excludes halogenated alkanes) is 1. The van der Waals surface area contributed by atoms with Crippen LogP contribution in [0, 0.1) is 12.8 Å². The zero-order valence-corrected chi connectivity index (χ0v) is 19.9. The van der Waals surface area contributed by atoms with E-state index in [0.29, 0.717) is 36.8 Å². The highest BCUT2D eigenvalue weighted by Crippen LogP contribution is 2.25. The Balaban J connectivity index is 1.18. The summed E-state index contributed by atoms with van der Waals surface area (Å²) in [7, 11) is -3.57. The van der Waals surface area contributed by atoms with Gasteiger partial charge < -0.3 is 4.74 Å². The van der Waals surface area contributed by atoms with Crippen LogP contribution in [-0.4, -0.2) is 61.6 Å². The smallest absolute Gasteiger partial charge is 0.309 e. The Morgan fingerprint density at radius 3 is 2.12 bits per heavy atom. The zero-order valence-electron chi connectivity index (χ0n) is 19.1. The van der Waals surface area contributed by atoms with Gasteiger partial charge in [0.2, 0.25) is 10.0 Å². The Bertz CT molecular complexity index is 1150. The number of imide groups is 1. The van der Waals surface area contributed by atoms with Crippen molar-refractivity contribution in [1.29, 1.82) is 0 Å². The van der Waals surface area contributed by atoms with Gasteiger partial charge in [0, 0.05) is 19.6 Å². The third-order valence-corrected chi connectivity index (χ3v) is 8.26. The van der Waals surface area contributed by atoms with E-state index in [-0.39, 0.29) is 54.8 Å². The molecule has 0 saturated carbocycles. The SMILES string of the molecule is Cc1ccc(S(=O)(=O)N2CCC(C(=O)OCCCCN3C(=O)c4ccccc4C3=O)CC2)cc1. The van der Waals surface area contributed by atoms with Crippen molar-refractivity contribution < 1.29 is 27.5 Å². The molecule has 9 heteroatoms. The zero-order chi connectivity index (χ0) is 24.3. The van der Waals surface area contributed by atoms with Crippen LogP contribution in [-0.2, 0) is 19.6 Å². The number of nitrogens with zero attached hydrogens (tertiary/aromatic N) is 2. The first-order valence-electron chi connectivity index (χ1n) is 11.5. The first-order valence-corrected chi connectivity index (χ1v) is 12.9. The molecule has 34 heavy (non-hydrogen) atoms. The number of fused-ring (bicyclic) bond motifs is 1. The van der Waals surface area contributed by atoms with Crippen LogP contribution in [0.25, 0.3) is 0 Å². The van der Waals surface area contributed by atoms with Crippen molar-refractivity contribution in [2.24, 2.45) is 5.92 Å². The predicted octanol–water partition coefficient (Wildman–Crippen LogP) is 3.02. The molecular formula is C25H28N2O6S. The maximum absolute atomic E-state index is 12.8. The van der Waals surface area contributed by atoms with E-state index in [4.69, 9.17) is 4.74 Å². The average Bonchev–Trinajstić information content (AvgIpc) is 3.09. The molecule has 2 amide bonds. The molecule has 2 heterocycles. The molecule has 0 aliphatic carbocycles. The number of esters is 1. The third-order valence-electron chi connectivity index (χ3n) is 6.34. The second-order valence-corrected chi connectivity index (χ2v) is 10.6. The maximum Gasteiger partial charge on any atom is 0.309 e. The van der Waals surface area contributed by atoms with E-state index >= 15 is 0 Å². The molecule has 0 bridgehead atoms. The van der Waals surface area contributed by atoms with E-state index in [0.717, 1.165) is 5.56 Å². The van der Waals surface area contributed by atoms with E-state index < -0.39 is 10.0 Å². The van der Waals surface area contributed by atoms with Crippen LogP contribution in [0.5, 0.6) is 0 Å². The molecule has 0 unspecified atom stereocenters. The van der Waals surface area contributed by atoms with Crippen LogP contribution in [0.15, 0.2) is 53.4 Å². The maximum atomic E-state index is 12.8. The van der Waals surface area contributed by atoms with Gasteiger partial charge in [-0.1, -0.05) is 29.8 Å². The van der Waals surface area contributed by atoms with Crippen LogP contribution >= 0.6 is 0 Å². The third kappa shape index (κ3) is 4.90. The molecule has 0 aromatic heterocycles. The van der Waals surface area contributed by atoms with E-state index in [1.807, 2.05) is 6.92 Å². The minimum absolute atomic E-state index is 0.198. The van der Waals surface area contributed by atoms with Gasteiger partial charge >= 0.3 is 5.97 Å². The van der Waals surface area contributed by atoms with Crippen molar-refractivity contribution in [3.05, 3.63) is 65.2 Å². The summed E-state index contributed by atoms with van der Waals surface area (Å²) in [4.78, 5) is 38.6. The number of hydrogen-bond donors (Lipinski definition) is 0. The highest BCUT2D eigenvalue weighted by atomic mass is 32.2. The van der Waals surface area contributed by atoms with Crippen LogP contribution < -0.4 is 0 Å². The van der Waals surface area contributed by atoms with Crippen LogP contribution in [0.2, 0.25) is 0 Å². The standard InChI is InChI=1S/C25H28N2O6S/c1-18-8-10-20(11-9-18)34(31,32)26-15-12-19(13-16-26)25(30)33-17-5-4-14-27-23(28)21-6-2-3-7-22(21)24(27)29/h2-3,6-11,19H,4-5,12-17H2,1H3. The summed E-state index contributed by atoms with van der Waals surface area (Å²) in [6, 6.07) is 13.5. The fourth-order valence-electron chi connectivity index (χ4n) is 4.30. The molecule has 8 nitrogen and oxygen atoms in total. The number of hydrogen-bond acceptors (Lipinski definition) is 6. The summed E-state index contributed by atoms with van der Waals surface area (Å²) in [6.45, 7) is 2.92. The van der Waals surface area contributed by atoms with E-state index in [9.17, 15) is 22.8 Å². The van der Waals surface area contributed by atoms with Gasteiger partial charge in [0.25, 0.3) is 11.8 Å². The van der Waals surface area contributed by atoms with Gasteiger partial charge in [-0.3, -0.25) is 19.3 Å². The second-order valence-electron chi connectivity index (χ2n) is 8.67. The molecule has 2 aromatic carbocycles. The number of benzene rings is 2. The number of carbonyl (C=O) groups excluding carboxylic acids is 3. The molecule has 2 aromatic rings. The molecule has 1 fully saturated rings. The summed E-state index contributed by atoms with van der Waals surface area (Å²) in [5.41, 5.74) is 1.84. The quantitative estimate of drug-likeness (QED) is 0.324. The topological polar surface area (TPSA) is 101 Å². The van der Waals surface area contributed by atoms with Gasteiger partial charge in [-0.05, 0) is 56.9 Å². The lowest BCUT2D eigenvalue weighted by Gasteiger charge is -2.30. The van der Waals surface area contributed by atoms with Crippen molar-refractivity contribution >= 4 is 27.8 Å². The molecule has 0 atom stereocenters. The Morgan fingerprint density at radius 1 is 0.941 bits per heavy atom. The second kappa shape index (κ2) is 10.1. The van der Waals surface area contributed by atoms with Crippen molar-refractivity contribution in [1.82, 2.24) is 9.21 Å². The van der Waals surface area contributed by atoms with E-state index in [1.54, 1.807) is 48.5 Å². The van der Waals surface area contributed by atoms with Crippen molar-refractivity contribution in [3.63, 3.8) is 0 Å². The minimum Gasteiger partial charge on any atom is -0.465 e. The van der Waals surface area contributed by atoms with Gasteiger partial charge in [0.05, 0.1) is 28.5 Å². The number of sulfonamides is 1. The minimum atomic E-state index is -3.57. The molecule has 2 aliphatic heterocycles. The van der Waals surface area contributed by atoms with Gasteiger partial charge in [0.1, 0.15) is 0 Å². The molecule has 2 aliphatic rings. The summed E-state index contributed by atoms with van der Waals surface area (Å²) in [5.74, 6) is -1.23. The summed E-state index contributed by atoms with van der Waals surface area (Å²) < 4.78 is 32.4. The van der Waals surface area contributed by atoms with Gasteiger partial charge in [-0.25, -0.2) is 8.42 Å². The molecule has 0 spiro atoms. The number of ether oxygens (including phenoxy) is 1. The number of rotatable bonds is 8.